The lowest BCUT2D eigenvalue weighted by atomic mass is 10.3. The van der Waals surface area contributed by atoms with Crippen molar-refractivity contribution in [3.8, 4) is 0 Å². The van der Waals surface area contributed by atoms with E-state index >= 15 is 0 Å². The van der Waals surface area contributed by atoms with Gasteiger partial charge in [0.05, 0.1) is 0 Å². The van der Waals surface area contributed by atoms with Crippen LogP contribution in [-0.4, -0.2) is 28.1 Å². The Balaban J connectivity index is 2.22. The molecule has 4 heteroatoms. The molecule has 1 rings (SSSR count). The molecule has 0 unspecified atom stereocenters. The van der Waals surface area contributed by atoms with Crippen LogP contribution in [0.2, 0.25) is 0 Å². The maximum absolute atomic E-state index is 4.33. The number of hydrogen-bond donors (Lipinski definition) is 1. The molecule has 0 aromatic carbocycles. The molecule has 92 valence electrons. The number of nitrogens with one attached hydrogen (secondary N) is 1. The maximum atomic E-state index is 4.33. The standard InChI is InChI=1S/C12H23N3S/c1-3-4-9-15-10-8-14-12(15)13-7-5-6-11-16-2/h8,10H,3-7,9,11H2,1-2H3,(H,13,14). The zero-order valence-electron chi connectivity index (χ0n) is 10.4. The largest absolute Gasteiger partial charge is 0.356 e. The van der Waals surface area contributed by atoms with Crippen molar-refractivity contribution in [2.24, 2.45) is 0 Å². The van der Waals surface area contributed by atoms with Crippen LogP contribution >= 0.6 is 11.8 Å². The van der Waals surface area contributed by atoms with Crippen LogP contribution in [0, 0.1) is 0 Å². The molecule has 0 aliphatic carbocycles. The van der Waals surface area contributed by atoms with Crippen molar-refractivity contribution in [1.29, 1.82) is 0 Å². The van der Waals surface area contributed by atoms with Crippen molar-refractivity contribution in [2.45, 2.75) is 39.2 Å². The lowest BCUT2D eigenvalue weighted by molar-refractivity contribution is 0.634. The van der Waals surface area contributed by atoms with Gasteiger partial charge in [0.2, 0.25) is 5.95 Å². The Kier molecular flexibility index (Phi) is 7.14. The van der Waals surface area contributed by atoms with Crippen LogP contribution in [0.5, 0.6) is 0 Å². The van der Waals surface area contributed by atoms with Gasteiger partial charge in [0.15, 0.2) is 0 Å². The van der Waals surface area contributed by atoms with E-state index < -0.39 is 0 Å². The molecule has 1 aromatic heterocycles. The highest BCUT2D eigenvalue weighted by Crippen LogP contribution is 2.07. The van der Waals surface area contributed by atoms with Crippen molar-refractivity contribution < 1.29 is 0 Å². The van der Waals surface area contributed by atoms with Crippen molar-refractivity contribution in [1.82, 2.24) is 9.55 Å². The van der Waals surface area contributed by atoms with Gasteiger partial charge in [-0.15, -0.1) is 0 Å². The number of imidazole rings is 1. The predicted molar refractivity (Wildman–Crippen MR) is 73.2 cm³/mol. The van der Waals surface area contributed by atoms with Crippen molar-refractivity contribution in [2.75, 3.05) is 23.9 Å². The van der Waals surface area contributed by atoms with E-state index in [-0.39, 0.29) is 0 Å². The van der Waals surface area contributed by atoms with Gasteiger partial charge in [-0.05, 0) is 31.3 Å². The predicted octanol–water partition coefficient (Wildman–Crippen LogP) is 3.24. The number of anilines is 1. The zero-order chi connectivity index (χ0) is 11.6. The first-order valence-corrected chi connectivity index (χ1v) is 7.51. The Morgan fingerprint density at radius 3 is 3.00 bits per heavy atom. The molecule has 16 heavy (non-hydrogen) atoms. The van der Waals surface area contributed by atoms with E-state index in [1.54, 1.807) is 0 Å². The summed E-state index contributed by atoms with van der Waals surface area (Å²) < 4.78 is 2.21. The van der Waals surface area contributed by atoms with Crippen LogP contribution in [0.15, 0.2) is 12.4 Å². The average molecular weight is 241 g/mol. The normalized spacial score (nSPS) is 10.6. The molecule has 0 aliphatic heterocycles. The Morgan fingerprint density at radius 1 is 1.38 bits per heavy atom. The quantitative estimate of drug-likeness (QED) is 0.673. The van der Waals surface area contributed by atoms with Gasteiger partial charge in [0, 0.05) is 25.5 Å². The molecule has 0 aliphatic rings. The van der Waals surface area contributed by atoms with Crippen LogP contribution in [0.25, 0.3) is 0 Å². The summed E-state index contributed by atoms with van der Waals surface area (Å²) in [6.45, 7) is 4.32. The number of unbranched alkanes of at least 4 members (excludes halogenated alkanes) is 2. The number of nitrogens with zero attached hydrogens (tertiary/aromatic N) is 2. The fourth-order valence-corrected chi connectivity index (χ4v) is 2.05. The van der Waals surface area contributed by atoms with Crippen LogP contribution in [0.1, 0.15) is 32.6 Å². The van der Waals surface area contributed by atoms with Crippen LogP contribution in [0.3, 0.4) is 0 Å². The van der Waals surface area contributed by atoms with Crippen LogP contribution in [0.4, 0.5) is 5.95 Å². The third kappa shape index (κ3) is 4.92. The SMILES string of the molecule is CCCCn1ccnc1NCCCCSC. The molecule has 0 atom stereocenters. The van der Waals surface area contributed by atoms with Gasteiger partial charge < -0.3 is 9.88 Å². The van der Waals surface area contributed by atoms with Gasteiger partial charge in [-0.2, -0.15) is 11.8 Å². The lowest BCUT2D eigenvalue weighted by Gasteiger charge is -2.08. The summed E-state index contributed by atoms with van der Waals surface area (Å²) >= 11 is 1.92. The highest BCUT2D eigenvalue weighted by Gasteiger charge is 2.00. The van der Waals surface area contributed by atoms with E-state index in [0.717, 1.165) is 19.0 Å². The van der Waals surface area contributed by atoms with E-state index in [1.165, 1.54) is 31.4 Å². The minimum absolute atomic E-state index is 1.03. The summed E-state index contributed by atoms with van der Waals surface area (Å²) in [4.78, 5) is 4.33. The first kappa shape index (κ1) is 13.4. The third-order valence-corrected chi connectivity index (χ3v) is 3.22. The molecule has 0 saturated carbocycles. The molecule has 3 nitrogen and oxygen atoms in total. The Hall–Kier alpha value is -0.640. The average Bonchev–Trinajstić information content (AvgIpc) is 2.74. The molecule has 0 fully saturated rings. The summed E-state index contributed by atoms with van der Waals surface area (Å²) in [5.74, 6) is 2.28. The first-order valence-electron chi connectivity index (χ1n) is 6.12. The molecule has 0 spiro atoms. The molecular formula is C12H23N3S. The van der Waals surface area contributed by atoms with E-state index in [9.17, 15) is 0 Å². The fraction of sp³-hybridized carbons (Fsp3) is 0.750. The monoisotopic (exact) mass is 241 g/mol. The number of thioether (sulfide) groups is 1. The highest BCUT2D eigenvalue weighted by atomic mass is 32.2. The number of hydrogen-bond acceptors (Lipinski definition) is 3. The molecule has 0 amide bonds. The van der Waals surface area contributed by atoms with Gasteiger partial charge in [-0.3, -0.25) is 0 Å². The summed E-state index contributed by atoms with van der Waals surface area (Å²) in [5, 5.41) is 3.40. The van der Waals surface area contributed by atoms with E-state index in [4.69, 9.17) is 0 Å². The summed E-state index contributed by atoms with van der Waals surface area (Å²) in [7, 11) is 0. The summed E-state index contributed by atoms with van der Waals surface area (Å²) in [6, 6.07) is 0. The summed E-state index contributed by atoms with van der Waals surface area (Å²) in [5.41, 5.74) is 0. The lowest BCUT2D eigenvalue weighted by Crippen LogP contribution is -2.09. The van der Waals surface area contributed by atoms with Gasteiger partial charge in [0.1, 0.15) is 0 Å². The molecule has 0 bridgehead atoms. The minimum Gasteiger partial charge on any atom is -0.356 e. The fourth-order valence-electron chi connectivity index (χ4n) is 1.56. The Morgan fingerprint density at radius 2 is 2.25 bits per heavy atom. The van der Waals surface area contributed by atoms with E-state index in [2.05, 4.69) is 34.2 Å². The maximum Gasteiger partial charge on any atom is 0.202 e. The number of aryl methyl sites for hydroxylation is 1. The van der Waals surface area contributed by atoms with Gasteiger partial charge >= 0.3 is 0 Å². The second-order valence-corrected chi connectivity index (χ2v) is 4.91. The van der Waals surface area contributed by atoms with Crippen molar-refractivity contribution >= 4 is 17.7 Å². The summed E-state index contributed by atoms with van der Waals surface area (Å²) in [6.07, 6.45) is 11.0. The number of aromatic nitrogens is 2. The molecule has 0 radical (unpaired) electrons. The molecule has 1 aromatic rings. The topological polar surface area (TPSA) is 29.9 Å². The minimum atomic E-state index is 1.03. The highest BCUT2D eigenvalue weighted by molar-refractivity contribution is 7.98. The Labute approximate surface area is 103 Å². The Bertz CT molecular complexity index is 273. The van der Waals surface area contributed by atoms with Gasteiger partial charge in [-0.1, -0.05) is 13.3 Å². The van der Waals surface area contributed by atoms with Crippen molar-refractivity contribution in [3.05, 3.63) is 12.4 Å². The second-order valence-electron chi connectivity index (χ2n) is 3.92. The second kappa shape index (κ2) is 8.50. The molecule has 1 heterocycles. The van der Waals surface area contributed by atoms with E-state index in [1.807, 2.05) is 18.0 Å². The number of rotatable bonds is 9. The smallest absolute Gasteiger partial charge is 0.202 e. The molecular weight excluding hydrogens is 218 g/mol. The van der Waals surface area contributed by atoms with Crippen LogP contribution in [-0.2, 0) is 6.54 Å². The zero-order valence-corrected chi connectivity index (χ0v) is 11.2. The van der Waals surface area contributed by atoms with Gasteiger partial charge in [-0.25, -0.2) is 4.98 Å². The van der Waals surface area contributed by atoms with Crippen LogP contribution < -0.4 is 5.32 Å². The third-order valence-electron chi connectivity index (χ3n) is 2.53. The van der Waals surface area contributed by atoms with E-state index in [0.29, 0.717) is 0 Å². The molecule has 1 N–H and O–H groups in total. The van der Waals surface area contributed by atoms with Crippen molar-refractivity contribution in [3.63, 3.8) is 0 Å². The van der Waals surface area contributed by atoms with Gasteiger partial charge in [0.25, 0.3) is 0 Å². The molecule has 0 saturated heterocycles. The first-order chi connectivity index (χ1) is 7.88.